The summed E-state index contributed by atoms with van der Waals surface area (Å²) in [5.74, 6) is 0.527. The molecule has 0 fully saturated rings. The summed E-state index contributed by atoms with van der Waals surface area (Å²) >= 11 is 1.43. The standard InChI is InChI=1S/C18H21N3O5S/c1-4-26-15(24)8-21-18-16(10(2)20-21)17(27-9-14(23)19-18)11-5-6-13(25-3)12(22)7-11/h5-7,17,22H,4,8-9H2,1-3H3,(H,19,23)/t17-/m0/s1. The number of carbonyl (C=O) groups is 2. The SMILES string of the molecule is CCOC(=O)Cn1nc(C)c2c1NC(=O)CS[C@H]2c1ccc(OC)c(O)c1. The van der Waals surface area contributed by atoms with E-state index < -0.39 is 5.97 Å². The summed E-state index contributed by atoms with van der Waals surface area (Å²) in [6, 6.07) is 5.15. The first-order valence-electron chi connectivity index (χ1n) is 8.45. The number of fused-ring (bicyclic) bond motifs is 1. The number of nitrogens with one attached hydrogen (secondary N) is 1. The number of esters is 1. The molecule has 0 saturated carbocycles. The first-order chi connectivity index (χ1) is 12.9. The molecular weight excluding hydrogens is 370 g/mol. The van der Waals surface area contributed by atoms with Crippen LogP contribution in [0.15, 0.2) is 18.2 Å². The van der Waals surface area contributed by atoms with E-state index in [4.69, 9.17) is 9.47 Å². The normalized spacial score (nSPS) is 16.3. The van der Waals surface area contributed by atoms with Gasteiger partial charge in [0.1, 0.15) is 12.4 Å². The summed E-state index contributed by atoms with van der Waals surface area (Å²) in [4.78, 5) is 24.1. The number of ether oxygens (including phenoxy) is 2. The number of hydrogen-bond donors (Lipinski definition) is 2. The minimum atomic E-state index is -0.424. The summed E-state index contributed by atoms with van der Waals surface area (Å²) < 4.78 is 11.6. The zero-order valence-electron chi connectivity index (χ0n) is 15.3. The van der Waals surface area contributed by atoms with Crippen molar-refractivity contribution in [3.8, 4) is 11.5 Å². The maximum absolute atomic E-state index is 12.2. The van der Waals surface area contributed by atoms with Crippen molar-refractivity contribution >= 4 is 29.5 Å². The molecule has 1 aliphatic rings. The van der Waals surface area contributed by atoms with Crippen molar-refractivity contribution in [2.45, 2.75) is 25.6 Å². The number of hydrogen-bond acceptors (Lipinski definition) is 7. The summed E-state index contributed by atoms with van der Waals surface area (Å²) in [7, 11) is 1.49. The minimum absolute atomic E-state index is 0.0252. The van der Waals surface area contributed by atoms with Crippen molar-refractivity contribution in [3.63, 3.8) is 0 Å². The van der Waals surface area contributed by atoms with Crippen molar-refractivity contribution in [2.75, 3.05) is 24.8 Å². The Morgan fingerprint density at radius 2 is 2.26 bits per heavy atom. The van der Waals surface area contributed by atoms with Crippen LogP contribution in [0, 0.1) is 6.92 Å². The van der Waals surface area contributed by atoms with E-state index in [9.17, 15) is 14.7 Å². The maximum Gasteiger partial charge on any atom is 0.327 e. The molecule has 0 radical (unpaired) electrons. The minimum Gasteiger partial charge on any atom is -0.504 e. The zero-order chi connectivity index (χ0) is 19.6. The molecule has 0 saturated heterocycles. The lowest BCUT2D eigenvalue weighted by atomic mass is 10.0. The summed E-state index contributed by atoms with van der Waals surface area (Å²) in [6.07, 6.45) is 0. The van der Waals surface area contributed by atoms with Gasteiger partial charge in [0.25, 0.3) is 0 Å². The van der Waals surface area contributed by atoms with E-state index in [-0.39, 0.29) is 35.8 Å². The van der Waals surface area contributed by atoms with Crippen LogP contribution in [-0.2, 0) is 20.9 Å². The molecule has 1 amide bonds. The van der Waals surface area contributed by atoms with E-state index in [1.54, 1.807) is 19.1 Å². The van der Waals surface area contributed by atoms with E-state index in [0.717, 1.165) is 11.1 Å². The Labute approximate surface area is 160 Å². The van der Waals surface area contributed by atoms with Crippen molar-refractivity contribution in [1.82, 2.24) is 9.78 Å². The molecule has 2 N–H and O–H groups in total. The van der Waals surface area contributed by atoms with Gasteiger partial charge in [-0.3, -0.25) is 9.59 Å². The Morgan fingerprint density at radius 1 is 1.48 bits per heavy atom. The van der Waals surface area contributed by atoms with E-state index in [0.29, 0.717) is 17.3 Å². The molecule has 3 rings (SSSR count). The molecule has 8 nitrogen and oxygen atoms in total. The molecule has 2 heterocycles. The molecule has 1 aromatic carbocycles. The van der Waals surface area contributed by atoms with E-state index in [1.165, 1.54) is 23.6 Å². The highest BCUT2D eigenvalue weighted by molar-refractivity contribution is 8.00. The quantitative estimate of drug-likeness (QED) is 0.754. The molecule has 0 spiro atoms. The van der Waals surface area contributed by atoms with Gasteiger partial charge < -0.3 is 19.9 Å². The van der Waals surface area contributed by atoms with Crippen LogP contribution in [0.25, 0.3) is 0 Å². The monoisotopic (exact) mass is 391 g/mol. The molecule has 0 unspecified atom stereocenters. The van der Waals surface area contributed by atoms with E-state index >= 15 is 0 Å². The zero-order valence-corrected chi connectivity index (χ0v) is 16.1. The number of phenolic OH excluding ortho intramolecular Hbond substituents is 1. The number of amides is 1. The van der Waals surface area contributed by atoms with Gasteiger partial charge in [0.2, 0.25) is 5.91 Å². The molecule has 1 aliphatic heterocycles. The van der Waals surface area contributed by atoms with Crippen molar-refractivity contribution in [3.05, 3.63) is 35.0 Å². The maximum atomic E-state index is 12.2. The van der Waals surface area contributed by atoms with Gasteiger partial charge in [0.15, 0.2) is 11.5 Å². The molecule has 0 aliphatic carbocycles. The molecular formula is C18H21N3O5S. The van der Waals surface area contributed by atoms with Gasteiger partial charge in [0.05, 0.1) is 30.4 Å². The fraction of sp³-hybridized carbons (Fsp3) is 0.389. The number of methoxy groups -OCH3 is 1. The average molecular weight is 391 g/mol. The molecule has 1 atom stereocenters. The van der Waals surface area contributed by atoms with Gasteiger partial charge in [-0.15, -0.1) is 11.8 Å². The first-order valence-corrected chi connectivity index (χ1v) is 9.50. The van der Waals surface area contributed by atoms with Crippen molar-refractivity contribution in [2.24, 2.45) is 0 Å². The van der Waals surface area contributed by atoms with E-state index in [1.807, 2.05) is 13.0 Å². The topological polar surface area (TPSA) is 103 Å². The van der Waals surface area contributed by atoms with Crippen LogP contribution >= 0.6 is 11.8 Å². The molecule has 9 heteroatoms. The summed E-state index contributed by atoms with van der Waals surface area (Å²) in [5, 5.41) is 17.2. The number of aromatic hydroxyl groups is 1. The van der Waals surface area contributed by atoms with Crippen LogP contribution in [0.4, 0.5) is 5.82 Å². The lowest BCUT2D eigenvalue weighted by Gasteiger charge is -2.16. The van der Waals surface area contributed by atoms with Crippen LogP contribution in [0.1, 0.15) is 29.0 Å². The smallest absolute Gasteiger partial charge is 0.327 e. The molecule has 1 aromatic heterocycles. The number of carbonyl (C=O) groups excluding carboxylic acids is 2. The largest absolute Gasteiger partial charge is 0.504 e. The fourth-order valence-corrected chi connectivity index (χ4v) is 4.21. The Kier molecular flexibility index (Phi) is 5.59. The lowest BCUT2D eigenvalue weighted by Crippen LogP contribution is -2.20. The number of anilines is 1. The first kappa shape index (κ1) is 19.1. The lowest BCUT2D eigenvalue weighted by molar-refractivity contribution is -0.144. The Bertz CT molecular complexity index is 880. The predicted molar refractivity (Wildman–Crippen MR) is 101 cm³/mol. The van der Waals surface area contributed by atoms with Crippen LogP contribution in [0.2, 0.25) is 0 Å². The number of rotatable bonds is 5. The van der Waals surface area contributed by atoms with Gasteiger partial charge in [-0.25, -0.2) is 4.68 Å². The highest BCUT2D eigenvalue weighted by atomic mass is 32.2. The second kappa shape index (κ2) is 7.91. The van der Waals surface area contributed by atoms with Gasteiger partial charge in [-0.1, -0.05) is 6.07 Å². The summed E-state index contributed by atoms with van der Waals surface area (Å²) in [5.41, 5.74) is 2.32. The number of nitrogens with zero attached hydrogens (tertiary/aromatic N) is 2. The number of thioether (sulfide) groups is 1. The number of benzene rings is 1. The number of aromatic nitrogens is 2. The Hall–Kier alpha value is -2.68. The van der Waals surface area contributed by atoms with Crippen LogP contribution < -0.4 is 10.1 Å². The fourth-order valence-electron chi connectivity index (χ4n) is 3.03. The third-order valence-corrected chi connectivity index (χ3v) is 5.43. The molecule has 0 bridgehead atoms. The third kappa shape index (κ3) is 3.87. The van der Waals surface area contributed by atoms with Crippen LogP contribution in [0.3, 0.4) is 0 Å². The molecule has 2 aromatic rings. The number of aryl methyl sites for hydroxylation is 1. The van der Waals surface area contributed by atoms with Gasteiger partial charge >= 0.3 is 5.97 Å². The Morgan fingerprint density at radius 3 is 2.93 bits per heavy atom. The average Bonchev–Trinajstić information content (AvgIpc) is 2.80. The molecule has 144 valence electrons. The van der Waals surface area contributed by atoms with Crippen LogP contribution in [0.5, 0.6) is 11.5 Å². The predicted octanol–water partition coefficient (Wildman–Crippen LogP) is 2.24. The van der Waals surface area contributed by atoms with Crippen molar-refractivity contribution in [1.29, 1.82) is 0 Å². The Balaban J connectivity index is 2.04. The third-order valence-electron chi connectivity index (χ3n) is 4.16. The highest BCUT2D eigenvalue weighted by Gasteiger charge is 2.31. The van der Waals surface area contributed by atoms with Gasteiger partial charge in [-0.05, 0) is 31.5 Å². The molecule has 27 heavy (non-hydrogen) atoms. The second-order valence-electron chi connectivity index (χ2n) is 5.98. The van der Waals surface area contributed by atoms with E-state index in [2.05, 4.69) is 10.4 Å². The van der Waals surface area contributed by atoms with Gasteiger partial charge in [0, 0.05) is 5.56 Å². The van der Waals surface area contributed by atoms with Crippen LogP contribution in [-0.4, -0.2) is 46.2 Å². The summed E-state index contributed by atoms with van der Waals surface area (Å²) in [6.45, 7) is 3.75. The second-order valence-corrected chi connectivity index (χ2v) is 7.07. The van der Waals surface area contributed by atoms with Crippen molar-refractivity contribution < 1.29 is 24.2 Å². The number of phenols is 1. The van der Waals surface area contributed by atoms with Gasteiger partial charge in [-0.2, -0.15) is 5.10 Å². The highest BCUT2D eigenvalue weighted by Crippen LogP contribution is 2.44.